The molecule has 0 spiro atoms. The first-order valence-electron chi connectivity index (χ1n) is 5.01. The molecule has 1 aromatic carbocycles. The molecule has 0 heterocycles. The van der Waals surface area contributed by atoms with Gasteiger partial charge in [-0.2, -0.15) is 11.8 Å². The smallest absolute Gasteiger partial charge is 0.295 e. The number of hydrogen-bond donors (Lipinski definition) is 1. The summed E-state index contributed by atoms with van der Waals surface area (Å²) in [7, 11) is 0. The van der Waals surface area contributed by atoms with Gasteiger partial charge in [-0.05, 0) is 12.1 Å². The number of anilines is 1. The zero-order chi connectivity index (χ0) is 12.7. The Labute approximate surface area is 103 Å². The van der Waals surface area contributed by atoms with Gasteiger partial charge < -0.3 is 5.32 Å². The molecule has 0 saturated heterocycles. The number of nitrogens with zero attached hydrogens (tertiary/aromatic N) is 1. The molecule has 0 amide bonds. The number of hydrogen-bond acceptors (Lipinski definition) is 4. The fourth-order valence-corrected chi connectivity index (χ4v) is 1.81. The zero-order valence-electron chi connectivity index (χ0n) is 9.19. The predicted molar refractivity (Wildman–Crippen MR) is 69.1 cm³/mol. The van der Waals surface area contributed by atoms with E-state index in [-0.39, 0.29) is 5.69 Å². The predicted octanol–water partition coefficient (Wildman–Crippen LogP) is 3.07. The quantitative estimate of drug-likeness (QED) is 0.352. The maximum atomic E-state index is 12.8. The monoisotopic (exact) mass is 256 g/mol. The number of rotatable bonds is 7. The lowest BCUT2D eigenvalue weighted by molar-refractivity contribution is -0.384. The molecule has 0 atom stereocenters. The second-order valence-corrected chi connectivity index (χ2v) is 4.36. The summed E-state index contributed by atoms with van der Waals surface area (Å²) in [6, 6.07) is 3.50. The van der Waals surface area contributed by atoms with Crippen molar-refractivity contribution < 1.29 is 9.31 Å². The molecule has 1 aromatic rings. The summed E-state index contributed by atoms with van der Waals surface area (Å²) in [4.78, 5) is 10.1. The number of halogens is 1. The van der Waals surface area contributed by atoms with Crippen molar-refractivity contribution in [1.29, 1.82) is 0 Å². The molecule has 17 heavy (non-hydrogen) atoms. The maximum absolute atomic E-state index is 12.8. The molecule has 0 aromatic heterocycles. The number of nitro benzene ring substituents is 1. The summed E-state index contributed by atoms with van der Waals surface area (Å²) in [6.45, 7) is 4.18. The van der Waals surface area contributed by atoms with Crippen LogP contribution in [0.4, 0.5) is 15.8 Å². The highest BCUT2D eigenvalue weighted by molar-refractivity contribution is 7.99. The Morgan fingerprint density at radius 2 is 2.35 bits per heavy atom. The van der Waals surface area contributed by atoms with Gasteiger partial charge in [0.05, 0.1) is 11.0 Å². The van der Waals surface area contributed by atoms with Gasteiger partial charge in [-0.25, -0.2) is 4.39 Å². The van der Waals surface area contributed by atoms with E-state index in [4.69, 9.17) is 0 Å². The second kappa shape index (κ2) is 6.90. The topological polar surface area (TPSA) is 55.2 Å². The summed E-state index contributed by atoms with van der Waals surface area (Å²) in [5.74, 6) is 1.04. The largest absolute Gasteiger partial charge is 0.379 e. The van der Waals surface area contributed by atoms with E-state index >= 15 is 0 Å². The summed E-state index contributed by atoms with van der Waals surface area (Å²) in [5, 5.41) is 13.6. The van der Waals surface area contributed by atoms with E-state index in [1.165, 1.54) is 12.1 Å². The summed E-state index contributed by atoms with van der Waals surface area (Å²) in [5.41, 5.74) is 0.106. The van der Waals surface area contributed by atoms with Crippen LogP contribution in [0.1, 0.15) is 0 Å². The van der Waals surface area contributed by atoms with Crippen LogP contribution in [0.25, 0.3) is 0 Å². The minimum absolute atomic E-state index is 0.237. The van der Waals surface area contributed by atoms with Crippen molar-refractivity contribution >= 4 is 23.1 Å². The van der Waals surface area contributed by atoms with Gasteiger partial charge in [0, 0.05) is 18.1 Å². The Hall–Kier alpha value is -1.56. The molecule has 0 aliphatic heterocycles. The van der Waals surface area contributed by atoms with E-state index in [0.29, 0.717) is 12.2 Å². The van der Waals surface area contributed by atoms with Crippen LogP contribution in [-0.2, 0) is 0 Å². The first-order chi connectivity index (χ1) is 8.15. The van der Waals surface area contributed by atoms with Gasteiger partial charge in [0.25, 0.3) is 5.69 Å². The van der Waals surface area contributed by atoms with Gasteiger partial charge in [0.2, 0.25) is 0 Å². The Bertz CT molecular complexity index is 412. The van der Waals surface area contributed by atoms with E-state index in [0.717, 1.165) is 17.6 Å². The van der Waals surface area contributed by atoms with Crippen LogP contribution in [0.3, 0.4) is 0 Å². The summed E-state index contributed by atoms with van der Waals surface area (Å²) in [6.07, 6.45) is 1.80. The molecular formula is C11H13FN2O2S. The molecule has 1 N–H and O–H groups in total. The average molecular weight is 256 g/mol. The molecule has 1 rings (SSSR count). The summed E-state index contributed by atoms with van der Waals surface area (Å²) >= 11 is 1.67. The van der Waals surface area contributed by atoms with Crippen LogP contribution in [0.5, 0.6) is 0 Å². The molecule has 0 aliphatic carbocycles. The highest BCUT2D eigenvalue weighted by Crippen LogP contribution is 2.24. The molecule has 0 radical (unpaired) electrons. The highest BCUT2D eigenvalue weighted by Gasteiger charge is 2.13. The Kier molecular flexibility index (Phi) is 5.48. The highest BCUT2D eigenvalue weighted by atomic mass is 32.2. The number of benzene rings is 1. The lowest BCUT2D eigenvalue weighted by Gasteiger charge is -2.06. The third-order valence-corrected chi connectivity index (χ3v) is 2.92. The molecule has 92 valence electrons. The first kappa shape index (κ1) is 13.5. The van der Waals surface area contributed by atoms with Gasteiger partial charge in [-0.3, -0.25) is 10.1 Å². The minimum Gasteiger partial charge on any atom is -0.379 e. The van der Waals surface area contributed by atoms with Gasteiger partial charge in [-0.15, -0.1) is 6.58 Å². The van der Waals surface area contributed by atoms with E-state index in [9.17, 15) is 14.5 Å². The fourth-order valence-electron chi connectivity index (χ4n) is 1.23. The van der Waals surface area contributed by atoms with Crippen LogP contribution in [0.2, 0.25) is 0 Å². The SMILES string of the molecule is C=CCSCCNc1ccc(F)cc1[N+](=O)[O-]. The number of nitrogens with one attached hydrogen (secondary N) is 1. The maximum Gasteiger partial charge on any atom is 0.295 e. The van der Waals surface area contributed by atoms with Gasteiger partial charge in [-0.1, -0.05) is 6.08 Å². The summed E-state index contributed by atoms with van der Waals surface area (Å²) < 4.78 is 12.8. The van der Waals surface area contributed by atoms with E-state index in [2.05, 4.69) is 11.9 Å². The van der Waals surface area contributed by atoms with Crippen LogP contribution in [0, 0.1) is 15.9 Å². The zero-order valence-corrected chi connectivity index (χ0v) is 10.0. The van der Waals surface area contributed by atoms with E-state index < -0.39 is 10.7 Å². The van der Waals surface area contributed by atoms with Crippen molar-refractivity contribution in [2.75, 3.05) is 23.4 Å². The molecule has 0 saturated carbocycles. The molecule has 0 bridgehead atoms. The van der Waals surface area contributed by atoms with Crippen molar-refractivity contribution in [3.8, 4) is 0 Å². The molecule has 0 fully saturated rings. The van der Waals surface area contributed by atoms with Gasteiger partial charge in [0.1, 0.15) is 11.5 Å². The molecule has 0 aliphatic rings. The Morgan fingerprint density at radius 1 is 1.59 bits per heavy atom. The van der Waals surface area contributed by atoms with Crippen LogP contribution in [0.15, 0.2) is 30.9 Å². The normalized spacial score (nSPS) is 9.94. The van der Waals surface area contributed by atoms with E-state index in [1.807, 2.05) is 0 Å². The number of nitro groups is 1. The minimum atomic E-state index is -0.608. The lowest BCUT2D eigenvalue weighted by Crippen LogP contribution is -2.06. The third kappa shape index (κ3) is 4.44. The third-order valence-electron chi connectivity index (χ3n) is 1.95. The van der Waals surface area contributed by atoms with Crippen molar-refractivity contribution in [1.82, 2.24) is 0 Å². The van der Waals surface area contributed by atoms with Crippen molar-refractivity contribution in [3.05, 3.63) is 46.8 Å². The average Bonchev–Trinajstić information content (AvgIpc) is 2.30. The van der Waals surface area contributed by atoms with Crippen LogP contribution < -0.4 is 5.32 Å². The van der Waals surface area contributed by atoms with Crippen molar-refractivity contribution in [2.24, 2.45) is 0 Å². The van der Waals surface area contributed by atoms with Crippen LogP contribution >= 0.6 is 11.8 Å². The fraction of sp³-hybridized carbons (Fsp3) is 0.273. The Morgan fingerprint density at radius 3 is 3.00 bits per heavy atom. The molecule has 0 unspecified atom stereocenters. The Balaban J connectivity index is 2.58. The standard InChI is InChI=1S/C11H13FN2O2S/c1-2-6-17-7-5-13-10-4-3-9(12)8-11(10)14(15)16/h2-4,8,13H,1,5-7H2. The molecule has 6 heteroatoms. The lowest BCUT2D eigenvalue weighted by atomic mass is 10.2. The second-order valence-electron chi connectivity index (χ2n) is 3.21. The van der Waals surface area contributed by atoms with Gasteiger partial charge in [0.15, 0.2) is 0 Å². The van der Waals surface area contributed by atoms with Crippen molar-refractivity contribution in [2.45, 2.75) is 0 Å². The first-order valence-corrected chi connectivity index (χ1v) is 6.17. The molecular weight excluding hydrogens is 243 g/mol. The molecule has 4 nitrogen and oxygen atoms in total. The van der Waals surface area contributed by atoms with Crippen molar-refractivity contribution in [3.63, 3.8) is 0 Å². The van der Waals surface area contributed by atoms with Crippen LogP contribution in [-0.4, -0.2) is 23.0 Å². The van der Waals surface area contributed by atoms with Gasteiger partial charge >= 0.3 is 0 Å². The number of thioether (sulfide) groups is 1. The van der Waals surface area contributed by atoms with E-state index in [1.54, 1.807) is 17.8 Å².